The average molecular weight is 183 g/mol. The zero-order valence-corrected chi connectivity index (χ0v) is 9.26. The fourth-order valence-electron chi connectivity index (χ4n) is 2.09. The van der Waals surface area contributed by atoms with E-state index in [0.717, 1.165) is 19.3 Å². The van der Waals surface area contributed by atoms with Gasteiger partial charge in [0.1, 0.15) is 5.78 Å². The van der Waals surface area contributed by atoms with Crippen molar-refractivity contribution in [3.05, 3.63) is 0 Å². The molecule has 1 aliphatic heterocycles. The highest BCUT2D eigenvalue weighted by atomic mass is 16.1. The third-order valence-electron chi connectivity index (χ3n) is 2.88. The minimum Gasteiger partial charge on any atom is -0.298 e. The number of carbonyl (C=O) groups is 1. The molecule has 1 fully saturated rings. The maximum Gasteiger partial charge on any atom is 0.146 e. The average Bonchev–Trinajstić information content (AvgIpc) is 2.03. The summed E-state index contributed by atoms with van der Waals surface area (Å²) >= 11 is 0. The summed E-state index contributed by atoms with van der Waals surface area (Å²) in [6, 6.07) is 0.609. The smallest absolute Gasteiger partial charge is 0.146 e. The van der Waals surface area contributed by atoms with Gasteiger partial charge in [-0.25, -0.2) is 0 Å². The number of hydrogen-bond donors (Lipinski definition) is 0. The van der Waals surface area contributed by atoms with E-state index < -0.39 is 0 Å². The number of Topliss-reactive ketones (excluding diaryl/α,β-unsaturated/α-hetero) is 1. The largest absolute Gasteiger partial charge is 0.298 e. The van der Waals surface area contributed by atoms with Crippen LogP contribution in [0.1, 0.15) is 47.0 Å². The van der Waals surface area contributed by atoms with Crippen molar-refractivity contribution < 1.29 is 4.79 Å². The highest BCUT2D eigenvalue weighted by molar-refractivity contribution is 5.81. The van der Waals surface area contributed by atoms with Crippen molar-refractivity contribution in [3.63, 3.8) is 0 Å². The van der Waals surface area contributed by atoms with Crippen molar-refractivity contribution >= 4 is 5.78 Å². The summed E-state index contributed by atoms with van der Waals surface area (Å²) in [5.41, 5.74) is 0.136. The lowest BCUT2D eigenvalue weighted by Gasteiger charge is -2.43. The first-order chi connectivity index (χ1) is 5.95. The maximum absolute atomic E-state index is 11.3. The molecule has 0 radical (unpaired) electrons. The zero-order valence-electron chi connectivity index (χ0n) is 9.26. The Bertz CT molecular complexity index is 193. The Balaban J connectivity index is 2.71. The van der Waals surface area contributed by atoms with E-state index in [-0.39, 0.29) is 5.54 Å². The summed E-state index contributed by atoms with van der Waals surface area (Å²) < 4.78 is 0. The van der Waals surface area contributed by atoms with Crippen LogP contribution in [-0.4, -0.2) is 28.8 Å². The first-order valence-corrected chi connectivity index (χ1v) is 5.23. The van der Waals surface area contributed by atoms with Gasteiger partial charge in [0.05, 0.1) is 6.54 Å². The summed E-state index contributed by atoms with van der Waals surface area (Å²) in [7, 11) is 0. The number of likely N-dealkylation sites (tertiary alicyclic amines) is 1. The molecule has 13 heavy (non-hydrogen) atoms. The Morgan fingerprint density at radius 3 is 2.54 bits per heavy atom. The molecule has 0 bridgehead atoms. The number of carbonyl (C=O) groups excluding carboxylic acids is 1. The molecule has 1 heterocycles. The Labute approximate surface area is 81.3 Å². The van der Waals surface area contributed by atoms with Gasteiger partial charge in [0.15, 0.2) is 0 Å². The number of nitrogens with zero attached hydrogens (tertiary/aromatic N) is 1. The van der Waals surface area contributed by atoms with Crippen molar-refractivity contribution in [1.29, 1.82) is 0 Å². The topological polar surface area (TPSA) is 20.3 Å². The van der Waals surface area contributed by atoms with Crippen molar-refractivity contribution in [3.8, 4) is 0 Å². The van der Waals surface area contributed by atoms with Crippen molar-refractivity contribution in [2.75, 3.05) is 6.54 Å². The van der Waals surface area contributed by atoms with Gasteiger partial charge in [0.2, 0.25) is 0 Å². The van der Waals surface area contributed by atoms with Crippen LogP contribution >= 0.6 is 0 Å². The molecular weight excluding hydrogens is 162 g/mol. The second-order valence-corrected chi connectivity index (χ2v) is 4.94. The summed E-state index contributed by atoms with van der Waals surface area (Å²) in [4.78, 5) is 13.7. The van der Waals surface area contributed by atoms with Crippen LogP contribution in [0.4, 0.5) is 0 Å². The summed E-state index contributed by atoms with van der Waals surface area (Å²) in [6.07, 6.45) is 2.99. The molecule has 0 spiro atoms. The van der Waals surface area contributed by atoms with E-state index in [1.165, 1.54) is 0 Å². The van der Waals surface area contributed by atoms with E-state index in [4.69, 9.17) is 0 Å². The van der Waals surface area contributed by atoms with Crippen LogP contribution in [0.3, 0.4) is 0 Å². The van der Waals surface area contributed by atoms with Gasteiger partial charge < -0.3 is 0 Å². The lowest BCUT2D eigenvalue weighted by atomic mass is 9.93. The molecule has 1 saturated heterocycles. The second-order valence-electron chi connectivity index (χ2n) is 4.94. The molecule has 0 aromatic heterocycles. The molecule has 76 valence electrons. The normalized spacial score (nSPS) is 26.5. The van der Waals surface area contributed by atoms with E-state index in [0.29, 0.717) is 18.4 Å². The standard InChI is InChI=1S/C11H21NO/c1-5-9-6-7-10(13)8-12(9)11(2,3)4/h9H,5-8H2,1-4H3. The van der Waals surface area contributed by atoms with E-state index in [1.54, 1.807) is 0 Å². The molecule has 0 amide bonds. The lowest BCUT2D eigenvalue weighted by Crippen LogP contribution is -2.53. The SMILES string of the molecule is CCC1CCC(=O)CN1C(C)(C)C. The van der Waals surface area contributed by atoms with Gasteiger partial charge in [-0.1, -0.05) is 6.92 Å². The van der Waals surface area contributed by atoms with Gasteiger partial charge in [-0.05, 0) is 33.6 Å². The fraction of sp³-hybridized carbons (Fsp3) is 0.909. The summed E-state index contributed by atoms with van der Waals surface area (Å²) in [5.74, 6) is 0.402. The molecule has 0 aromatic rings. The number of ketones is 1. The third-order valence-corrected chi connectivity index (χ3v) is 2.88. The third kappa shape index (κ3) is 2.53. The minimum atomic E-state index is 0.136. The van der Waals surface area contributed by atoms with Crippen LogP contribution in [0.5, 0.6) is 0 Å². The van der Waals surface area contributed by atoms with Gasteiger partial charge in [-0.3, -0.25) is 9.69 Å². The Morgan fingerprint density at radius 1 is 1.46 bits per heavy atom. The Kier molecular flexibility index (Phi) is 3.12. The second kappa shape index (κ2) is 3.79. The van der Waals surface area contributed by atoms with E-state index in [1.807, 2.05) is 0 Å². The predicted molar refractivity (Wildman–Crippen MR) is 54.8 cm³/mol. The van der Waals surface area contributed by atoms with Crippen molar-refractivity contribution in [2.24, 2.45) is 0 Å². The molecular formula is C11H21NO. The van der Waals surface area contributed by atoms with Gasteiger partial charge >= 0.3 is 0 Å². The number of piperidine rings is 1. The molecule has 0 aliphatic carbocycles. The lowest BCUT2D eigenvalue weighted by molar-refractivity contribution is -0.126. The van der Waals surface area contributed by atoms with Gasteiger partial charge in [0, 0.05) is 18.0 Å². The van der Waals surface area contributed by atoms with E-state index in [2.05, 4.69) is 32.6 Å². The van der Waals surface area contributed by atoms with Gasteiger partial charge in [-0.2, -0.15) is 0 Å². The molecule has 1 aliphatic rings. The first-order valence-electron chi connectivity index (χ1n) is 5.23. The number of rotatable bonds is 1. The predicted octanol–water partition coefficient (Wildman–Crippen LogP) is 2.23. The van der Waals surface area contributed by atoms with Crippen LogP contribution in [0.15, 0.2) is 0 Å². The molecule has 1 atom stereocenters. The maximum atomic E-state index is 11.3. The zero-order chi connectivity index (χ0) is 10.1. The van der Waals surface area contributed by atoms with Crippen LogP contribution in [0.2, 0.25) is 0 Å². The number of hydrogen-bond acceptors (Lipinski definition) is 2. The van der Waals surface area contributed by atoms with Crippen molar-refractivity contribution in [1.82, 2.24) is 4.90 Å². The molecule has 2 nitrogen and oxygen atoms in total. The Morgan fingerprint density at radius 2 is 2.08 bits per heavy atom. The van der Waals surface area contributed by atoms with Gasteiger partial charge in [0.25, 0.3) is 0 Å². The van der Waals surface area contributed by atoms with Crippen LogP contribution < -0.4 is 0 Å². The highest BCUT2D eigenvalue weighted by Crippen LogP contribution is 2.25. The monoisotopic (exact) mass is 183 g/mol. The molecule has 1 rings (SSSR count). The highest BCUT2D eigenvalue weighted by Gasteiger charge is 2.32. The summed E-state index contributed by atoms with van der Waals surface area (Å²) in [6.45, 7) is 9.43. The van der Waals surface area contributed by atoms with Crippen LogP contribution in [-0.2, 0) is 4.79 Å². The molecule has 2 heteroatoms. The van der Waals surface area contributed by atoms with E-state index in [9.17, 15) is 4.79 Å². The van der Waals surface area contributed by atoms with Crippen molar-refractivity contribution in [2.45, 2.75) is 58.5 Å². The molecule has 0 aromatic carbocycles. The minimum absolute atomic E-state index is 0.136. The quantitative estimate of drug-likeness (QED) is 0.621. The molecule has 0 saturated carbocycles. The summed E-state index contributed by atoms with van der Waals surface area (Å²) in [5, 5.41) is 0. The Hall–Kier alpha value is -0.370. The van der Waals surface area contributed by atoms with Crippen LogP contribution in [0, 0.1) is 0 Å². The van der Waals surface area contributed by atoms with Gasteiger partial charge in [-0.15, -0.1) is 0 Å². The molecule has 1 unspecified atom stereocenters. The van der Waals surface area contributed by atoms with E-state index >= 15 is 0 Å². The first kappa shape index (κ1) is 10.7. The fourth-order valence-corrected chi connectivity index (χ4v) is 2.09. The molecule has 0 N–H and O–H groups in total. The van der Waals surface area contributed by atoms with Crippen LogP contribution in [0.25, 0.3) is 0 Å².